The van der Waals surface area contributed by atoms with Crippen LogP contribution in [0, 0.1) is 13.0 Å². The van der Waals surface area contributed by atoms with Gasteiger partial charge in [0.1, 0.15) is 0 Å². The molecule has 0 unspecified atom stereocenters. The third kappa shape index (κ3) is 1.99. The highest BCUT2D eigenvalue weighted by Gasteiger charge is 1.98. The molecule has 0 saturated heterocycles. The summed E-state index contributed by atoms with van der Waals surface area (Å²) in [6.07, 6.45) is 2.78. The van der Waals surface area contributed by atoms with E-state index in [0.717, 1.165) is 12.1 Å². The topological polar surface area (TPSA) is 12.9 Å². The molecule has 1 radical (unpaired) electrons. The first-order chi connectivity index (χ1) is 6.86. The fourth-order valence-electron chi connectivity index (χ4n) is 1.46. The Morgan fingerprint density at radius 2 is 2.00 bits per heavy atom. The minimum atomic E-state index is 0.953. The van der Waals surface area contributed by atoms with Crippen LogP contribution in [0.3, 0.4) is 0 Å². The monoisotopic (exact) mass is 182 g/mol. The van der Waals surface area contributed by atoms with E-state index in [1.54, 1.807) is 0 Å². The average molecular weight is 182 g/mol. The van der Waals surface area contributed by atoms with Gasteiger partial charge >= 0.3 is 0 Å². The molecular weight excluding hydrogens is 170 g/mol. The van der Waals surface area contributed by atoms with E-state index >= 15 is 0 Å². The molecule has 69 valence electrons. The summed E-state index contributed by atoms with van der Waals surface area (Å²) < 4.78 is 0. The van der Waals surface area contributed by atoms with Crippen molar-refractivity contribution in [3.05, 3.63) is 65.5 Å². The number of rotatable bonds is 2. The number of hydrogen-bond donors (Lipinski definition) is 0. The first kappa shape index (κ1) is 8.95. The van der Waals surface area contributed by atoms with Crippen molar-refractivity contribution in [3.8, 4) is 0 Å². The zero-order valence-electron chi connectivity index (χ0n) is 8.20. The van der Waals surface area contributed by atoms with Crippen molar-refractivity contribution >= 4 is 0 Å². The van der Waals surface area contributed by atoms with Crippen molar-refractivity contribution in [3.63, 3.8) is 0 Å². The molecule has 1 aromatic heterocycles. The molecule has 0 amide bonds. The molecule has 0 aliphatic rings. The van der Waals surface area contributed by atoms with E-state index in [0.29, 0.717) is 0 Å². The molecule has 0 aliphatic carbocycles. The summed E-state index contributed by atoms with van der Waals surface area (Å²) in [6, 6.07) is 15.2. The van der Waals surface area contributed by atoms with Gasteiger partial charge in [-0.25, -0.2) is 0 Å². The van der Waals surface area contributed by atoms with E-state index in [4.69, 9.17) is 0 Å². The molecule has 0 spiro atoms. The van der Waals surface area contributed by atoms with Crippen LogP contribution >= 0.6 is 0 Å². The second kappa shape index (κ2) is 4.05. The zero-order chi connectivity index (χ0) is 9.80. The zero-order valence-corrected chi connectivity index (χ0v) is 8.20. The maximum Gasteiger partial charge on any atom is 0.0407 e. The largest absolute Gasteiger partial charge is 0.261 e. The molecule has 0 saturated carbocycles. The van der Waals surface area contributed by atoms with Crippen LogP contribution in [-0.2, 0) is 6.42 Å². The smallest absolute Gasteiger partial charge is 0.0407 e. The lowest BCUT2D eigenvalue weighted by Crippen LogP contribution is -1.93. The van der Waals surface area contributed by atoms with Crippen molar-refractivity contribution < 1.29 is 0 Å². The minimum Gasteiger partial charge on any atom is -0.261 e. The molecule has 0 aliphatic heterocycles. The van der Waals surface area contributed by atoms with Crippen LogP contribution < -0.4 is 0 Å². The highest BCUT2D eigenvalue weighted by atomic mass is 14.7. The third-order valence-corrected chi connectivity index (χ3v) is 2.30. The molecule has 2 aromatic rings. The number of pyridine rings is 1. The summed E-state index contributed by atoms with van der Waals surface area (Å²) in [5.41, 5.74) is 3.71. The van der Waals surface area contributed by atoms with E-state index in [9.17, 15) is 0 Å². The van der Waals surface area contributed by atoms with Gasteiger partial charge in [0, 0.05) is 11.9 Å². The van der Waals surface area contributed by atoms with Crippen LogP contribution in [0.15, 0.2) is 42.6 Å². The van der Waals surface area contributed by atoms with E-state index < -0.39 is 0 Å². The highest BCUT2D eigenvalue weighted by molar-refractivity contribution is 5.27. The first-order valence-corrected chi connectivity index (χ1v) is 4.72. The van der Waals surface area contributed by atoms with Gasteiger partial charge in [-0.2, -0.15) is 0 Å². The molecule has 1 aromatic carbocycles. The molecule has 0 atom stereocenters. The van der Waals surface area contributed by atoms with Gasteiger partial charge in [0.25, 0.3) is 0 Å². The molecular formula is C13H12N. The number of aryl methyl sites for hydroxylation is 1. The Morgan fingerprint density at radius 1 is 1.21 bits per heavy atom. The van der Waals surface area contributed by atoms with Gasteiger partial charge in [-0.1, -0.05) is 30.3 Å². The predicted octanol–water partition coefficient (Wildman–Crippen LogP) is 2.78. The summed E-state index contributed by atoms with van der Waals surface area (Å²) in [4.78, 5) is 4.27. The number of aromatic nitrogens is 1. The van der Waals surface area contributed by atoms with E-state index in [-0.39, 0.29) is 0 Å². The molecule has 1 heteroatoms. The van der Waals surface area contributed by atoms with Gasteiger partial charge in [0.05, 0.1) is 0 Å². The summed E-state index contributed by atoms with van der Waals surface area (Å²) in [5, 5.41) is 0. The molecule has 1 nitrogen and oxygen atoms in total. The Bertz CT molecular complexity index is 407. The lowest BCUT2D eigenvalue weighted by molar-refractivity contribution is 1.08. The second-order valence-corrected chi connectivity index (χ2v) is 3.33. The van der Waals surface area contributed by atoms with Crippen molar-refractivity contribution in [2.24, 2.45) is 0 Å². The second-order valence-electron chi connectivity index (χ2n) is 3.33. The molecule has 2 rings (SSSR count). The van der Waals surface area contributed by atoms with Crippen LogP contribution in [0.1, 0.15) is 16.8 Å². The molecule has 0 bridgehead atoms. The Kier molecular flexibility index (Phi) is 2.59. The van der Waals surface area contributed by atoms with Gasteiger partial charge < -0.3 is 0 Å². The Hall–Kier alpha value is -1.63. The van der Waals surface area contributed by atoms with Crippen LogP contribution in [-0.4, -0.2) is 4.98 Å². The first-order valence-electron chi connectivity index (χ1n) is 4.72. The highest BCUT2D eigenvalue weighted by Crippen LogP contribution is 2.10. The number of benzene rings is 1. The summed E-state index contributed by atoms with van der Waals surface area (Å²) in [6.45, 7) is 2.05. The predicted molar refractivity (Wildman–Crippen MR) is 57.1 cm³/mol. The Labute approximate surface area is 84.4 Å². The Morgan fingerprint density at radius 3 is 2.71 bits per heavy atom. The Balaban J connectivity index is 2.24. The number of nitrogens with zero attached hydrogens (tertiary/aromatic N) is 1. The van der Waals surface area contributed by atoms with Crippen LogP contribution in [0.25, 0.3) is 0 Å². The third-order valence-electron chi connectivity index (χ3n) is 2.30. The fourth-order valence-corrected chi connectivity index (χ4v) is 1.46. The molecule has 14 heavy (non-hydrogen) atoms. The van der Waals surface area contributed by atoms with E-state index in [2.05, 4.69) is 29.2 Å². The van der Waals surface area contributed by atoms with Gasteiger partial charge in [-0.05, 0) is 36.6 Å². The number of hydrogen-bond acceptors (Lipinski definition) is 1. The normalized spacial score (nSPS) is 10.1. The summed E-state index contributed by atoms with van der Waals surface area (Å²) >= 11 is 0. The van der Waals surface area contributed by atoms with Crippen molar-refractivity contribution in [1.29, 1.82) is 0 Å². The molecule has 0 N–H and O–H groups in total. The standard InChI is InChI=1S/C13H12N/c1-11-13(8-5-9-14-11)10-12-6-3-2-4-7-12/h3-9H,10H2,1H3. The summed E-state index contributed by atoms with van der Waals surface area (Å²) in [7, 11) is 0. The van der Waals surface area contributed by atoms with Gasteiger partial charge in [0.15, 0.2) is 0 Å². The van der Waals surface area contributed by atoms with Crippen molar-refractivity contribution in [2.75, 3.05) is 0 Å². The van der Waals surface area contributed by atoms with Gasteiger partial charge in [-0.3, -0.25) is 4.98 Å². The average Bonchev–Trinajstić information content (AvgIpc) is 2.23. The van der Waals surface area contributed by atoms with Crippen molar-refractivity contribution in [2.45, 2.75) is 13.3 Å². The van der Waals surface area contributed by atoms with Crippen LogP contribution in [0.2, 0.25) is 0 Å². The lowest BCUT2D eigenvalue weighted by Gasteiger charge is -2.03. The molecule has 1 heterocycles. The lowest BCUT2D eigenvalue weighted by atomic mass is 10.0. The SMILES string of the molecule is Cc1ncccc1Cc1cc[c]cc1. The van der Waals surface area contributed by atoms with Gasteiger partial charge in [-0.15, -0.1) is 0 Å². The quantitative estimate of drug-likeness (QED) is 0.696. The fraction of sp³-hybridized carbons (Fsp3) is 0.154. The van der Waals surface area contributed by atoms with Gasteiger partial charge in [0.2, 0.25) is 0 Å². The minimum absolute atomic E-state index is 0.953. The summed E-state index contributed by atoms with van der Waals surface area (Å²) in [5.74, 6) is 0. The van der Waals surface area contributed by atoms with E-state index in [1.807, 2.05) is 31.3 Å². The van der Waals surface area contributed by atoms with E-state index in [1.165, 1.54) is 11.1 Å². The van der Waals surface area contributed by atoms with Crippen molar-refractivity contribution in [1.82, 2.24) is 4.98 Å². The molecule has 0 fully saturated rings. The van der Waals surface area contributed by atoms with Crippen LogP contribution in [0.4, 0.5) is 0 Å². The maximum absolute atomic E-state index is 4.27. The van der Waals surface area contributed by atoms with Crippen LogP contribution in [0.5, 0.6) is 0 Å². The maximum atomic E-state index is 4.27.